The van der Waals surface area contributed by atoms with Crippen LogP contribution in [0.4, 0.5) is 0 Å². The third-order valence-electron chi connectivity index (χ3n) is 7.99. The van der Waals surface area contributed by atoms with Gasteiger partial charge in [0.1, 0.15) is 11.2 Å². The maximum Gasteiger partial charge on any atom is 0.165 e. The average molecular weight is 447 g/mol. The molecule has 2 aliphatic carbocycles. The molecule has 4 aromatic heterocycles. The first-order chi connectivity index (χ1) is 17.3. The van der Waals surface area contributed by atoms with Crippen LogP contribution >= 0.6 is 0 Å². The minimum Gasteiger partial charge on any atom is -0.274 e. The molecule has 0 atom stereocenters. The number of hydrogen-bond donors (Lipinski definition) is 0. The lowest BCUT2D eigenvalue weighted by atomic mass is 9.96. The molecule has 0 aliphatic heterocycles. The molecule has 0 fully saturated rings. The van der Waals surface area contributed by atoms with E-state index in [2.05, 4.69) is 69.0 Å². The fourth-order valence-corrected chi connectivity index (χ4v) is 6.48. The Hall–Kier alpha value is -4.57. The zero-order valence-electron chi connectivity index (χ0n) is 18.8. The van der Waals surface area contributed by atoms with E-state index < -0.39 is 0 Å². The number of hydrogen-bond acceptors (Lipinski definition) is 3. The molecule has 0 bridgehead atoms. The molecule has 0 saturated carbocycles. The van der Waals surface area contributed by atoms with E-state index in [9.17, 15) is 0 Å². The molecule has 0 saturated heterocycles. The van der Waals surface area contributed by atoms with Crippen molar-refractivity contribution in [2.75, 3.05) is 0 Å². The number of imidazole rings is 1. The summed E-state index contributed by atoms with van der Waals surface area (Å²) in [6, 6.07) is 24.4. The first kappa shape index (κ1) is 17.8. The largest absolute Gasteiger partial charge is 0.274 e. The summed E-state index contributed by atoms with van der Waals surface area (Å²) in [5, 5.41) is 3.58. The van der Waals surface area contributed by atoms with Gasteiger partial charge in [0, 0.05) is 23.2 Å². The van der Waals surface area contributed by atoms with Gasteiger partial charge in [0.2, 0.25) is 0 Å². The first-order valence-corrected chi connectivity index (χ1v) is 12.0. The number of rotatable bonds is 0. The van der Waals surface area contributed by atoms with Gasteiger partial charge in [-0.1, -0.05) is 36.4 Å². The minimum absolute atomic E-state index is 0.874. The Bertz CT molecular complexity index is 2070. The Kier molecular flexibility index (Phi) is 3.11. The van der Waals surface area contributed by atoms with Crippen LogP contribution < -0.4 is 0 Å². The van der Waals surface area contributed by atoms with E-state index >= 15 is 0 Å². The third kappa shape index (κ3) is 2.15. The second-order valence-corrected chi connectivity index (χ2v) is 9.69. The highest BCUT2D eigenvalue weighted by Gasteiger charge is 2.28. The molecule has 4 heterocycles. The fraction of sp³-hybridized carbons (Fsp3) is 0.0645. The topological polar surface area (TPSA) is 43.1 Å². The monoisotopic (exact) mass is 446 g/mol. The Morgan fingerprint density at radius 1 is 0.629 bits per heavy atom. The molecule has 4 nitrogen and oxygen atoms in total. The fourth-order valence-electron chi connectivity index (χ4n) is 6.48. The maximum absolute atomic E-state index is 5.03. The Balaban J connectivity index is 1.38. The van der Waals surface area contributed by atoms with E-state index in [-0.39, 0.29) is 0 Å². The van der Waals surface area contributed by atoms with Crippen molar-refractivity contribution in [2.45, 2.75) is 12.8 Å². The molecule has 0 N–H and O–H groups in total. The van der Waals surface area contributed by atoms with Crippen molar-refractivity contribution in [1.29, 1.82) is 0 Å². The summed E-state index contributed by atoms with van der Waals surface area (Å²) in [6.45, 7) is 0. The minimum atomic E-state index is 0.874. The molecule has 0 radical (unpaired) electrons. The van der Waals surface area contributed by atoms with Gasteiger partial charge in [-0.05, 0) is 93.1 Å². The highest BCUT2D eigenvalue weighted by atomic mass is 15.1. The van der Waals surface area contributed by atoms with Gasteiger partial charge in [0.25, 0.3) is 0 Å². The zero-order valence-corrected chi connectivity index (χ0v) is 18.8. The predicted octanol–water partition coefficient (Wildman–Crippen LogP) is 6.73. The molecule has 35 heavy (non-hydrogen) atoms. The third-order valence-corrected chi connectivity index (χ3v) is 7.99. The smallest absolute Gasteiger partial charge is 0.165 e. The van der Waals surface area contributed by atoms with Crippen LogP contribution in [-0.4, -0.2) is 19.4 Å². The highest BCUT2D eigenvalue weighted by molar-refractivity contribution is 6.15. The van der Waals surface area contributed by atoms with Gasteiger partial charge in [-0.3, -0.25) is 9.38 Å². The van der Waals surface area contributed by atoms with Crippen LogP contribution in [0.1, 0.15) is 22.3 Å². The van der Waals surface area contributed by atoms with Gasteiger partial charge < -0.3 is 0 Å². The number of fused-ring (bicyclic) bond motifs is 15. The predicted molar refractivity (Wildman–Crippen MR) is 140 cm³/mol. The maximum atomic E-state index is 5.03. The van der Waals surface area contributed by atoms with E-state index in [4.69, 9.17) is 4.98 Å². The lowest BCUT2D eigenvalue weighted by molar-refractivity contribution is 1.16. The van der Waals surface area contributed by atoms with E-state index in [1.807, 2.05) is 30.7 Å². The van der Waals surface area contributed by atoms with Gasteiger partial charge in [-0.25, -0.2) is 9.97 Å². The van der Waals surface area contributed by atoms with Crippen molar-refractivity contribution in [3.63, 3.8) is 0 Å². The van der Waals surface area contributed by atoms with Crippen LogP contribution in [0.15, 0.2) is 85.3 Å². The second-order valence-electron chi connectivity index (χ2n) is 9.69. The van der Waals surface area contributed by atoms with Crippen LogP contribution in [0.3, 0.4) is 0 Å². The van der Waals surface area contributed by atoms with E-state index in [0.717, 1.165) is 40.6 Å². The summed E-state index contributed by atoms with van der Waals surface area (Å²) in [7, 11) is 0. The van der Waals surface area contributed by atoms with Gasteiger partial charge >= 0.3 is 0 Å². The summed E-state index contributed by atoms with van der Waals surface area (Å²) in [5.41, 5.74) is 15.1. The normalized spacial score (nSPS) is 13.5. The number of aromatic nitrogens is 4. The Morgan fingerprint density at radius 3 is 2.43 bits per heavy atom. The Morgan fingerprint density at radius 2 is 1.49 bits per heavy atom. The lowest BCUT2D eigenvalue weighted by Gasteiger charge is -2.11. The number of pyridine rings is 3. The summed E-state index contributed by atoms with van der Waals surface area (Å²) in [6.07, 6.45) is 7.65. The molecule has 0 unspecified atom stereocenters. The average Bonchev–Trinajstić information content (AvgIpc) is 3.59. The molecular weight excluding hydrogens is 428 g/mol. The van der Waals surface area contributed by atoms with Crippen molar-refractivity contribution in [2.24, 2.45) is 0 Å². The van der Waals surface area contributed by atoms with Crippen molar-refractivity contribution in [3.05, 3.63) is 108 Å². The van der Waals surface area contributed by atoms with E-state index in [1.165, 1.54) is 55.3 Å². The highest BCUT2D eigenvalue weighted by Crippen LogP contribution is 2.48. The Labute approximate surface area is 200 Å². The molecule has 2 aliphatic rings. The van der Waals surface area contributed by atoms with Crippen LogP contribution in [0, 0.1) is 0 Å². The second kappa shape index (κ2) is 6.10. The quantitative estimate of drug-likeness (QED) is 0.243. The summed E-state index contributed by atoms with van der Waals surface area (Å²) >= 11 is 0. The van der Waals surface area contributed by atoms with Gasteiger partial charge in [0.05, 0.1) is 11.7 Å². The first-order valence-electron chi connectivity index (χ1n) is 12.0. The van der Waals surface area contributed by atoms with Crippen molar-refractivity contribution in [1.82, 2.24) is 19.4 Å². The van der Waals surface area contributed by atoms with E-state index in [1.54, 1.807) is 0 Å². The van der Waals surface area contributed by atoms with Gasteiger partial charge in [-0.2, -0.15) is 0 Å². The van der Waals surface area contributed by atoms with Crippen LogP contribution in [-0.2, 0) is 12.8 Å². The van der Waals surface area contributed by atoms with Crippen molar-refractivity contribution < 1.29 is 0 Å². The lowest BCUT2D eigenvalue weighted by Crippen LogP contribution is -1.94. The zero-order chi connectivity index (χ0) is 22.7. The molecule has 7 aromatic rings. The summed E-state index contributed by atoms with van der Waals surface area (Å²) in [4.78, 5) is 14.1. The van der Waals surface area contributed by atoms with Crippen LogP contribution in [0.5, 0.6) is 0 Å². The summed E-state index contributed by atoms with van der Waals surface area (Å²) < 4.78 is 2.17. The number of nitrogens with zero attached hydrogens (tertiary/aromatic N) is 4. The standard InChI is InChI=1S/C31H18N4/c1-2-5-19-17(4-1)12-24-20(19)7-8-21-23-15-27-26(14-18(23)13-25(21)24)22-9-11-32-16-29(22)35-30(27)34-28-6-3-10-33-31(28)35/h1-11,14-16H,12-13H2. The number of benzene rings is 3. The molecule has 0 amide bonds. The molecule has 3 aromatic carbocycles. The SMILES string of the molecule is c1ccc2c(c1)Cc1c-2ccc2c1Cc1cc3c4ccncc4n4c5ncccc5nc4c3cc1-2. The molecule has 4 heteroatoms. The molecule has 9 rings (SSSR count). The van der Waals surface area contributed by atoms with Crippen LogP contribution in [0.25, 0.3) is 60.7 Å². The molecular formula is C31H18N4. The molecule has 162 valence electrons. The van der Waals surface area contributed by atoms with Crippen molar-refractivity contribution in [3.8, 4) is 22.3 Å². The van der Waals surface area contributed by atoms with Crippen molar-refractivity contribution >= 4 is 38.5 Å². The van der Waals surface area contributed by atoms with E-state index in [0.29, 0.717) is 0 Å². The van der Waals surface area contributed by atoms with Crippen LogP contribution in [0.2, 0.25) is 0 Å². The van der Waals surface area contributed by atoms with Gasteiger partial charge in [-0.15, -0.1) is 0 Å². The van der Waals surface area contributed by atoms with Gasteiger partial charge in [0.15, 0.2) is 5.65 Å². The molecule has 0 spiro atoms. The summed E-state index contributed by atoms with van der Waals surface area (Å²) in [5.74, 6) is 0.